The van der Waals surface area contributed by atoms with Crippen LogP contribution in [-0.2, 0) is 15.9 Å². The number of esters is 2. The van der Waals surface area contributed by atoms with Crippen LogP contribution in [0.1, 0.15) is 156 Å². The van der Waals surface area contributed by atoms with Gasteiger partial charge in [-0.3, -0.25) is 9.97 Å². The second-order valence-electron chi connectivity index (χ2n) is 12.5. The molecule has 0 amide bonds. The van der Waals surface area contributed by atoms with Crippen molar-refractivity contribution < 1.29 is 19.1 Å². The minimum atomic E-state index is -0.446. The van der Waals surface area contributed by atoms with E-state index in [0.717, 1.165) is 12.8 Å². The molecule has 0 aliphatic carbocycles. The van der Waals surface area contributed by atoms with Gasteiger partial charge >= 0.3 is 11.9 Å². The summed E-state index contributed by atoms with van der Waals surface area (Å²) in [5, 5.41) is 0. The maximum absolute atomic E-state index is 12.8. The van der Waals surface area contributed by atoms with Gasteiger partial charge in [-0.2, -0.15) is 0 Å². The maximum Gasteiger partial charge on any atom is 0.338 e. The largest absolute Gasteiger partial charge is 0.462 e. The quantitative estimate of drug-likeness (QED) is 0.0708. The van der Waals surface area contributed by atoms with E-state index >= 15 is 0 Å². The summed E-state index contributed by atoms with van der Waals surface area (Å²) in [5.74, 6) is -0.879. The van der Waals surface area contributed by atoms with E-state index in [2.05, 4.69) is 29.0 Å². The van der Waals surface area contributed by atoms with Crippen molar-refractivity contribution in [1.82, 2.24) is 15.0 Å². The molecule has 47 heavy (non-hydrogen) atoms. The predicted molar refractivity (Wildman–Crippen MR) is 190 cm³/mol. The summed E-state index contributed by atoms with van der Waals surface area (Å²) in [4.78, 5) is 38.9. The van der Waals surface area contributed by atoms with Crippen LogP contribution in [0.5, 0.6) is 0 Å². The first-order valence-electron chi connectivity index (χ1n) is 18.3. The van der Waals surface area contributed by atoms with Crippen molar-refractivity contribution in [2.75, 3.05) is 13.2 Å². The molecule has 0 N–H and O–H groups in total. The van der Waals surface area contributed by atoms with E-state index in [1.807, 2.05) is 0 Å². The molecule has 3 aromatic heterocycles. The summed E-state index contributed by atoms with van der Waals surface area (Å²) in [6.45, 7) is 6.35. The molecule has 7 heteroatoms. The van der Waals surface area contributed by atoms with E-state index in [1.54, 1.807) is 44.3 Å². The highest BCUT2D eigenvalue weighted by atomic mass is 16.5. The lowest BCUT2D eigenvalue weighted by Gasteiger charge is -2.10. The Kier molecular flexibility index (Phi) is 18.4. The topological polar surface area (TPSA) is 91.3 Å². The molecular formula is C40H57N3O4. The number of unbranched alkanes of at least 4 members (excludes halogenated alkanes) is 16. The first-order chi connectivity index (χ1) is 23.0. The number of pyridine rings is 3. The van der Waals surface area contributed by atoms with Gasteiger partial charge in [-0.1, -0.05) is 110 Å². The Morgan fingerprint density at radius 2 is 0.936 bits per heavy atom. The predicted octanol–water partition coefficient (Wildman–Crippen LogP) is 10.8. The van der Waals surface area contributed by atoms with Crippen LogP contribution in [0.3, 0.4) is 0 Å². The standard InChI is InChI=1S/C40H57N3O4/c1-4-7-8-9-10-11-12-13-14-15-16-17-18-19-20-21-22-23-32-24-26-41-35(28-32)37-30-34(40(45)47-6-3)31-38(43-37)36-29-33(25-27-42-36)39(44)46-5-2/h24-31H,4-23H2,1-3H3. The molecule has 0 radical (unpaired) electrons. The average Bonchev–Trinajstić information content (AvgIpc) is 3.10. The Hall–Kier alpha value is -3.61. The molecule has 0 aliphatic heterocycles. The molecule has 0 spiro atoms. The molecule has 0 saturated heterocycles. The summed E-state index contributed by atoms with van der Waals surface area (Å²) in [5.41, 5.74) is 4.08. The monoisotopic (exact) mass is 643 g/mol. The lowest BCUT2D eigenvalue weighted by atomic mass is 10.0. The Morgan fingerprint density at radius 3 is 1.45 bits per heavy atom. The van der Waals surface area contributed by atoms with Gasteiger partial charge in [0.2, 0.25) is 0 Å². The van der Waals surface area contributed by atoms with Crippen LogP contribution in [0, 0.1) is 0 Å². The van der Waals surface area contributed by atoms with Crippen LogP contribution in [0.15, 0.2) is 48.8 Å². The summed E-state index contributed by atoms with van der Waals surface area (Å²) in [7, 11) is 0. The number of hydrogen-bond donors (Lipinski definition) is 0. The Labute approximate surface area is 283 Å². The van der Waals surface area contributed by atoms with Crippen LogP contribution < -0.4 is 0 Å². The van der Waals surface area contributed by atoms with Gasteiger partial charge in [0.05, 0.1) is 47.1 Å². The smallest absolute Gasteiger partial charge is 0.338 e. The summed E-state index contributed by atoms with van der Waals surface area (Å²) in [6, 6.07) is 10.7. The van der Waals surface area contributed by atoms with Crippen molar-refractivity contribution in [2.24, 2.45) is 0 Å². The third-order valence-electron chi connectivity index (χ3n) is 8.53. The molecule has 0 aliphatic rings. The SMILES string of the molecule is CCCCCCCCCCCCCCCCCCCc1ccnc(-c2cc(C(=O)OCC)cc(-c3cc(C(=O)OCC)ccn3)n2)c1. The number of aromatic nitrogens is 3. The van der Waals surface area contributed by atoms with Crippen LogP contribution in [0.4, 0.5) is 0 Å². The van der Waals surface area contributed by atoms with Crippen molar-refractivity contribution in [3.8, 4) is 22.8 Å². The zero-order valence-corrected chi connectivity index (χ0v) is 29.2. The van der Waals surface area contributed by atoms with Gasteiger partial charge in [0, 0.05) is 12.4 Å². The molecule has 0 unspecified atom stereocenters. The number of hydrogen-bond acceptors (Lipinski definition) is 7. The van der Waals surface area contributed by atoms with Gasteiger partial charge in [0.1, 0.15) is 0 Å². The van der Waals surface area contributed by atoms with Crippen LogP contribution in [-0.4, -0.2) is 40.1 Å². The van der Waals surface area contributed by atoms with Gasteiger partial charge in [-0.25, -0.2) is 14.6 Å². The molecule has 0 bridgehead atoms. The number of rotatable bonds is 24. The van der Waals surface area contributed by atoms with Crippen LogP contribution >= 0.6 is 0 Å². The van der Waals surface area contributed by atoms with E-state index in [1.165, 1.54) is 114 Å². The van der Waals surface area contributed by atoms with Crippen molar-refractivity contribution in [3.05, 3.63) is 65.5 Å². The fourth-order valence-corrected chi connectivity index (χ4v) is 5.86. The average molecular weight is 644 g/mol. The molecule has 7 nitrogen and oxygen atoms in total. The van der Waals surface area contributed by atoms with Gasteiger partial charge in [0.25, 0.3) is 0 Å². The zero-order valence-electron chi connectivity index (χ0n) is 29.2. The summed E-state index contributed by atoms with van der Waals surface area (Å²) in [6.07, 6.45) is 27.5. The highest BCUT2D eigenvalue weighted by molar-refractivity contribution is 5.93. The van der Waals surface area contributed by atoms with Gasteiger partial charge in [-0.05, 0) is 68.7 Å². The van der Waals surface area contributed by atoms with Crippen molar-refractivity contribution >= 4 is 11.9 Å². The van der Waals surface area contributed by atoms with E-state index in [4.69, 9.17) is 14.5 Å². The van der Waals surface area contributed by atoms with E-state index in [9.17, 15) is 9.59 Å². The van der Waals surface area contributed by atoms with Gasteiger partial charge in [-0.15, -0.1) is 0 Å². The third-order valence-corrected chi connectivity index (χ3v) is 8.53. The molecule has 0 saturated carbocycles. The molecule has 0 aromatic carbocycles. The molecule has 3 aromatic rings. The van der Waals surface area contributed by atoms with Crippen molar-refractivity contribution in [3.63, 3.8) is 0 Å². The number of carbonyl (C=O) groups is 2. The highest BCUT2D eigenvalue weighted by Crippen LogP contribution is 2.25. The van der Waals surface area contributed by atoms with Gasteiger partial charge in [0.15, 0.2) is 0 Å². The first-order valence-corrected chi connectivity index (χ1v) is 18.3. The lowest BCUT2D eigenvalue weighted by Crippen LogP contribution is -2.07. The van der Waals surface area contributed by atoms with E-state index in [-0.39, 0.29) is 13.2 Å². The minimum absolute atomic E-state index is 0.259. The molecule has 0 fully saturated rings. The lowest BCUT2D eigenvalue weighted by molar-refractivity contribution is 0.0516. The minimum Gasteiger partial charge on any atom is -0.462 e. The van der Waals surface area contributed by atoms with Crippen LogP contribution in [0.2, 0.25) is 0 Å². The Morgan fingerprint density at radius 1 is 0.511 bits per heavy atom. The fraction of sp³-hybridized carbons (Fsp3) is 0.575. The van der Waals surface area contributed by atoms with Crippen LogP contribution in [0.25, 0.3) is 22.8 Å². The summed E-state index contributed by atoms with van der Waals surface area (Å²) < 4.78 is 10.4. The number of carbonyl (C=O) groups excluding carboxylic acids is 2. The Balaban J connectivity index is 1.46. The molecule has 256 valence electrons. The summed E-state index contributed by atoms with van der Waals surface area (Å²) >= 11 is 0. The fourth-order valence-electron chi connectivity index (χ4n) is 5.86. The first kappa shape index (κ1) is 37.8. The molecular weight excluding hydrogens is 586 g/mol. The second kappa shape index (κ2) is 22.8. The van der Waals surface area contributed by atoms with E-state index < -0.39 is 11.9 Å². The van der Waals surface area contributed by atoms with Crippen molar-refractivity contribution in [2.45, 2.75) is 136 Å². The third kappa shape index (κ3) is 14.4. The highest BCUT2D eigenvalue weighted by Gasteiger charge is 2.16. The van der Waals surface area contributed by atoms with Gasteiger partial charge < -0.3 is 9.47 Å². The Bertz CT molecular complexity index is 1340. The van der Waals surface area contributed by atoms with E-state index in [0.29, 0.717) is 33.9 Å². The number of aryl methyl sites for hydroxylation is 1. The number of nitrogens with zero attached hydrogens (tertiary/aromatic N) is 3. The molecule has 3 rings (SSSR count). The zero-order chi connectivity index (χ0) is 33.5. The maximum atomic E-state index is 12.8. The number of ether oxygens (including phenoxy) is 2. The normalized spacial score (nSPS) is 11.0. The molecule has 0 atom stereocenters. The van der Waals surface area contributed by atoms with Crippen molar-refractivity contribution in [1.29, 1.82) is 0 Å². The molecule has 3 heterocycles. The second-order valence-corrected chi connectivity index (χ2v) is 12.5.